The lowest BCUT2D eigenvalue weighted by molar-refractivity contribution is -0.141. The molecule has 1 aromatic heterocycles. The van der Waals surface area contributed by atoms with Gasteiger partial charge in [0.15, 0.2) is 0 Å². The highest BCUT2D eigenvalue weighted by molar-refractivity contribution is 7.09. The number of likely N-dealkylation sites (tertiary alicyclic amines) is 1. The van der Waals surface area contributed by atoms with Crippen molar-refractivity contribution in [1.29, 1.82) is 0 Å². The Morgan fingerprint density at radius 1 is 1.36 bits per heavy atom. The van der Waals surface area contributed by atoms with Crippen molar-refractivity contribution in [1.82, 2.24) is 9.88 Å². The predicted octanol–water partition coefficient (Wildman–Crippen LogP) is 2.85. The van der Waals surface area contributed by atoms with Crippen molar-refractivity contribution in [2.75, 3.05) is 13.1 Å². The number of carbonyl (C=O) groups is 2. The third kappa shape index (κ3) is 4.70. The molecule has 1 aliphatic heterocycles. The summed E-state index contributed by atoms with van der Waals surface area (Å²) in [5.74, 6) is -0.679. The van der Waals surface area contributed by atoms with E-state index in [1.807, 2.05) is 5.38 Å². The van der Waals surface area contributed by atoms with Crippen LogP contribution in [0, 0.1) is 5.92 Å². The van der Waals surface area contributed by atoms with Crippen molar-refractivity contribution in [3.05, 3.63) is 45.4 Å². The smallest absolute Gasteiger partial charge is 0.308 e. The standard InChI is InChI=1S/C17H17ClN2O4S/c18-12-1-3-14(4-2-12)24-9-15-19-13(10-25-15)7-16(21)20-6-5-11(8-20)17(22)23/h1-4,10-11H,5-9H2,(H,22,23)/t11-/m1/s1. The maximum absolute atomic E-state index is 12.3. The van der Waals surface area contributed by atoms with Gasteiger partial charge in [-0.3, -0.25) is 9.59 Å². The van der Waals surface area contributed by atoms with Gasteiger partial charge in [0.05, 0.1) is 18.0 Å². The van der Waals surface area contributed by atoms with E-state index in [2.05, 4.69) is 4.98 Å². The number of carbonyl (C=O) groups excluding carboxylic acids is 1. The average Bonchev–Trinajstić information content (AvgIpc) is 3.24. The highest BCUT2D eigenvalue weighted by Gasteiger charge is 2.30. The molecular formula is C17H17ClN2O4S. The molecule has 1 aromatic carbocycles. The van der Waals surface area contributed by atoms with Crippen molar-refractivity contribution in [2.45, 2.75) is 19.4 Å². The van der Waals surface area contributed by atoms with Crippen LogP contribution in [0.5, 0.6) is 5.75 Å². The molecule has 2 aromatic rings. The second kappa shape index (κ2) is 7.84. The van der Waals surface area contributed by atoms with Gasteiger partial charge in [-0.25, -0.2) is 4.98 Å². The fraction of sp³-hybridized carbons (Fsp3) is 0.353. The molecular weight excluding hydrogens is 364 g/mol. The Hall–Kier alpha value is -2.12. The first kappa shape index (κ1) is 17.7. The van der Waals surface area contributed by atoms with E-state index in [-0.39, 0.29) is 18.9 Å². The van der Waals surface area contributed by atoms with Gasteiger partial charge >= 0.3 is 5.97 Å². The summed E-state index contributed by atoms with van der Waals surface area (Å²) in [5, 5.41) is 12.3. The van der Waals surface area contributed by atoms with E-state index in [4.69, 9.17) is 21.4 Å². The van der Waals surface area contributed by atoms with E-state index in [0.29, 0.717) is 36.0 Å². The zero-order chi connectivity index (χ0) is 17.8. The van der Waals surface area contributed by atoms with Crippen LogP contribution < -0.4 is 4.74 Å². The molecule has 0 spiro atoms. The zero-order valence-electron chi connectivity index (χ0n) is 13.4. The monoisotopic (exact) mass is 380 g/mol. The summed E-state index contributed by atoms with van der Waals surface area (Å²) in [6, 6.07) is 7.08. The van der Waals surface area contributed by atoms with E-state index in [0.717, 1.165) is 5.01 Å². The molecule has 1 atom stereocenters. The summed E-state index contributed by atoms with van der Waals surface area (Å²) in [4.78, 5) is 29.2. The molecule has 0 radical (unpaired) electrons. The molecule has 1 N–H and O–H groups in total. The van der Waals surface area contributed by atoms with Gasteiger partial charge in [0.1, 0.15) is 17.4 Å². The van der Waals surface area contributed by atoms with E-state index < -0.39 is 11.9 Å². The molecule has 3 rings (SSSR count). The normalized spacial score (nSPS) is 16.8. The molecule has 132 valence electrons. The SMILES string of the molecule is O=C(O)[C@@H]1CCN(C(=O)Cc2csc(COc3ccc(Cl)cc3)n2)C1. The van der Waals surface area contributed by atoms with E-state index >= 15 is 0 Å². The van der Waals surface area contributed by atoms with Crippen molar-refractivity contribution in [3.8, 4) is 5.75 Å². The first-order chi connectivity index (χ1) is 12.0. The number of benzene rings is 1. The molecule has 1 amide bonds. The molecule has 1 fully saturated rings. The summed E-state index contributed by atoms with van der Waals surface area (Å²) in [7, 11) is 0. The number of ether oxygens (including phenoxy) is 1. The maximum atomic E-state index is 12.3. The number of aliphatic carboxylic acids is 1. The molecule has 1 saturated heterocycles. The summed E-state index contributed by atoms with van der Waals surface area (Å²) in [6.45, 7) is 1.10. The Morgan fingerprint density at radius 2 is 2.12 bits per heavy atom. The lowest BCUT2D eigenvalue weighted by atomic mass is 10.1. The lowest BCUT2D eigenvalue weighted by Gasteiger charge is -2.14. The number of hydrogen-bond donors (Lipinski definition) is 1. The number of aromatic nitrogens is 1. The first-order valence-corrected chi connectivity index (χ1v) is 9.09. The van der Waals surface area contributed by atoms with Gasteiger partial charge in [-0.1, -0.05) is 11.6 Å². The van der Waals surface area contributed by atoms with Gasteiger partial charge < -0.3 is 14.7 Å². The van der Waals surface area contributed by atoms with E-state index in [9.17, 15) is 9.59 Å². The molecule has 0 saturated carbocycles. The van der Waals surface area contributed by atoms with Crippen molar-refractivity contribution >= 4 is 34.8 Å². The number of nitrogens with zero attached hydrogens (tertiary/aromatic N) is 2. The number of halogens is 1. The number of carboxylic acids is 1. The fourth-order valence-electron chi connectivity index (χ4n) is 2.63. The molecule has 1 aliphatic rings. The van der Waals surface area contributed by atoms with Crippen LogP contribution in [0.15, 0.2) is 29.6 Å². The minimum atomic E-state index is -0.842. The first-order valence-electron chi connectivity index (χ1n) is 7.83. The van der Waals surface area contributed by atoms with Gasteiger partial charge in [-0.05, 0) is 30.7 Å². The summed E-state index contributed by atoms with van der Waals surface area (Å²) in [5.41, 5.74) is 0.684. The summed E-state index contributed by atoms with van der Waals surface area (Å²) >= 11 is 7.26. The van der Waals surface area contributed by atoms with Crippen molar-refractivity contribution in [3.63, 3.8) is 0 Å². The third-order valence-corrected chi connectivity index (χ3v) is 5.12. The molecule has 0 aliphatic carbocycles. The number of amides is 1. The molecule has 2 heterocycles. The minimum absolute atomic E-state index is 0.0841. The molecule has 8 heteroatoms. The van der Waals surface area contributed by atoms with Crippen LogP contribution in [0.3, 0.4) is 0 Å². The van der Waals surface area contributed by atoms with Crippen LogP contribution in [0.1, 0.15) is 17.1 Å². The van der Waals surface area contributed by atoms with E-state index in [1.54, 1.807) is 29.2 Å². The van der Waals surface area contributed by atoms with E-state index in [1.165, 1.54) is 11.3 Å². The average molecular weight is 381 g/mol. The second-order valence-corrected chi connectivity index (χ2v) is 7.19. The van der Waals surface area contributed by atoms with Crippen LogP contribution in [-0.4, -0.2) is 40.0 Å². The van der Waals surface area contributed by atoms with Crippen LogP contribution >= 0.6 is 22.9 Å². The van der Waals surface area contributed by atoms with Crippen molar-refractivity contribution in [2.24, 2.45) is 5.92 Å². The molecule has 0 unspecified atom stereocenters. The largest absolute Gasteiger partial charge is 0.486 e. The quantitative estimate of drug-likeness (QED) is 0.833. The van der Waals surface area contributed by atoms with Crippen LogP contribution in [-0.2, 0) is 22.6 Å². The minimum Gasteiger partial charge on any atom is -0.486 e. The predicted molar refractivity (Wildman–Crippen MR) is 93.9 cm³/mol. The summed E-state index contributed by atoms with van der Waals surface area (Å²) in [6.07, 6.45) is 0.697. The molecule has 25 heavy (non-hydrogen) atoms. The number of thiazole rings is 1. The van der Waals surface area contributed by atoms with Crippen LogP contribution in [0.4, 0.5) is 0 Å². The zero-order valence-corrected chi connectivity index (χ0v) is 14.9. The van der Waals surface area contributed by atoms with Crippen molar-refractivity contribution < 1.29 is 19.4 Å². The Bertz CT molecular complexity index is 762. The third-order valence-electron chi connectivity index (χ3n) is 4.00. The highest BCUT2D eigenvalue weighted by Crippen LogP contribution is 2.20. The van der Waals surface area contributed by atoms with Gasteiger partial charge in [0, 0.05) is 23.5 Å². The van der Waals surface area contributed by atoms with Gasteiger partial charge in [0.25, 0.3) is 0 Å². The van der Waals surface area contributed by atoms with Crippen LogP contribution in [0.25, 0.3) is 0 Å². The maximum Gasteiger partial charge on any atom is 0.308 e. The topological polar surface area (TPSA) is 79.7 Å². The molecule has 0 bridgehead atoms. The summed E-state index contributed by atoms with van der Waals surface area (Å²) < 4.78 is 5.63. The Labute approximate surface area is 154 Å². The van der Waals surface area contributed by atoms with Gasteiger partial charge in [-0.15, -0.1) is 11.3 Å². The van der Waals surface area contributed by atoms with Gasteiger partial charge in [-0.2, -0.15) is 0 Å². The lowest BCUT2D eigenvalue weighted by Crippen LogP contribution is -2.31. The Morgan fingerprint density at radius 3 is 2.80 bits per heavy atom. The Balaban J connectivity index is 1.50. The number of hydrogen-bond acceptors (Lipinski definition) is 5. The Kier molecular flexibility index (Phi) is 5.55. The van der Waals surface area contributed by atoms with Gasteiger partial charge in [0.2, 0.25) is 5.91 Å². The number of carboxylic acid groups (broad SMARTS) is 1. The number of rotatable bonds is 6. The second-order valence-electron chi connectivity index (χ2n) is 5.82. The highest BCUT2D eigenvalue weighted by atomic mass is 35.5. The van der Waals surface area contributed by atoms with Crippen LogP contribution in [0.2, 0.25) is 5.02 Å². The molecule has 6 nitrogen and oxygen atoms in total. The fourth-order valence-corrected chi connectivity index (χ4v) is 3.46.